The molecule has 0 saturated carbocycles. The summed E-state index contributed by atoms with van der Waals surface area (Å²) in [5.74, 6) is 2.42. The van der Waals surface area contributed by atoms with E-state index >= 15 is 0 Å². The predicted octanol–water partition coefficient (Wildman–Crippen LogP) is 3.07. The van der Waals surface area contributed by atoms with Gasteiger partial charge < -0.3 is 10.1 Å². The quantitative estimate of drug-likeness (QED) is 0.797. The van der Waals surface area contributed by atoms with Gasteiger partial charge in [0, 0.05) is 18.8 Å². The first-order valence-electron chi connectivity index (χ1n) is 6.73. The number of hydrogen-bond acceptors (Lipinski definition) is 2. The molecule has 1 fully saturated rings. The summed E-state index contributed by atoms with van der Waals surface area (Å²) in [6, 6.07) is 0. The molecule has 0 aromatic rings. The molecule has 0 aliphatic carbocycles. The SMILES string of the molecule is CC(CNC(C)(C)C)C(C)C1CCOCC1. The summed E-state index contributed by atoms with van der Waals surface area (Å²) >= 11 is 0. The van der Waals surface area contributed by atoms with Gasteiger partial charge in [-0.15, -0.1) is 0 Å². The van der Waals surface area contributed by atoms with Gasteiger partial charge in [0.15, 0.2) is 0 Å². The molecule has 2 atom stereocenters. The molecule has 0 spiro atoms. The minimum Gasteiger partial charge on any atom is -0.381 e. The van der Waals surface area contributed by atoms with Gasteiger partial charge in [-0.25, -0.2) is 0 Å². The molecule has 1 saturated heterocycles. The van der Waals surface area contributed by atoms with Crippen LogP contribution in [0.1, 0.15) is 47.5 Å². The molecule has 0 aromatic heterocycles. The van der Waals surface area contributed by atoms with Crippen molar-refractivity contribution in [3.8, 4) is 0 Å². The first-order valence-corrected chi connectivity index (χ1v) is 6.73. The van der Waals surface area contributed by atoms with Crippen LogP contribution in [0.2, 0.25) is 0 Å². The smallest absolute Gasteiger partial charge is 0.0468 e. The first kappa shape index (κ1) is 14.0. The van der Waals surface area contributed by atoms with Crippen LogP contribution in [0.4, 0.5) is 0 Å². The number of rotatable bonds is 4. The summed E-state index contributed by atoms with van der Waals surface area (Å²) < 4.78 is 5.43. The second kappa shape index (κ2) is 6.02. The molecule has 1 rings (SSSR count). The van der Waals surface area contributed by atoms with E-state index in [1.807, 2.05) is 0 Å². The average molecular weight is 227 g/mol. The van der Waals surface area contributed by atoms with E-state index in [0.717, 1.165) is 37.5 Å². The third kappa shape index (κ3) is 4.84. The number of nitrogens with one attached hydrogen (secondary N) is 1. The van der Waals surface area contributed by atoms with Crippen LogP contribution in [0.5, 0.6) is 0 Å². The summed E-state index contributed by atoms with van der Waals surface area (Å²) in [7, 11) is 0. The van der Waals surface area contributed by atoms with Crippen LogP contribution in [0, 0.1) is 17.8 Å². The summed E-state index contributed by atoms with van der Waals surface area (Å²) in [6.07, 6.45) is 2.50. The molecule has 2 heteroatoms. The lowest BCUT2D eigenvalue weighted by Crippen LogP contribution is -2.41. The monoisotopic (exact) mass is 227 g/mol. The highest BCUT2D eigenvalue weighted by Crippen LogP contribution is 2.28. The molecule has 1 aliphatic heterocycles. The minimum atomic E-state index is 0.240. The standard InChI is InChI=1S/C14H29NO/c1-11(10-15-14(3,4)5)12(2)13-6-8-16-9-7-13/h11-13,15H,6-10H2,1-5H3. The van der Waals surface area contributed by atoms with Gasteiger partial charge >= 0.3 is 0 Å². The zero-order valence-electron chi connectivity index (χ0n) is 11.7. The van der Waals surface area contributed by atoms with E-state index in [1.54, 1.807) is 0 Å². The van der Waals surface area contributed by atoms with Gasteiger partial charge in [-0.3, -0.25) is 0 Å². The van der Waals surface area contributed by atoms with E-state index in [0.29, 0.717) is 0 Å². The highest BCUT2D eigenvalue weighted by Gasteiger charge is 2.25. The Balaban J connectivity index is 2.31. The zero-order valence-corrected chi connectivity index (χ0v) is 11.7. The Labute approximate surface area is 101 Å². The summed E-state index contributed by atoms with van der Waals surface area (Å²) in [6.45, 7) is 14.5. The molecule has 0 amide bonds. The molecule has 0 bridgehead atoms. The second-order valence-electron chi connectivity index (χ2n) is 6.42. The molecule has 16 heavy (non-hydrogen) atoms. The third-order valence-electron chi connectivity index (χ3n) is 3.86. The van der Waals surface area contributed by atoms with Crippen LogP contribution in [0.3, 0.4) is 0 Å². The summed E-state index contributed by atoms with van der Waals surface area (Å²) in [4.78, 5) is 0. The van der Waals surface area contributed by atoms with Gasteiger partial charge in [0.25, 0.3) is 0 Å². The minimum absolute atomic E-state index is 0.240. The van der Waals surface area contributed by atoms with E-state index in [9.17, 15) is 0 Å². The van der Waals surface area contributed by atoms with E-state index in [1.165, 1.54) is 12.8 Å². The molecular formula is C14H29NO. The van der Waals surface area contributed by atoms with Gasteiger partial charge in [-0.05, 0) is 57.9 Å². The van der Waals surface area contributed by atoms with Gasteiger partial charge in [0.2, 0.25) is 0 Å². The molecular weight excluding hydrogens is 198 g/mol. The van der Waals surface area contributed by atoms with Crippen molar-refractivity contribution in [3.63, 3.8) is 0 Å². The lowest BCUT2D eigenvalue weighted by molar-refractivity contribution is 0.0392. The molecule has 0 aromatic carbocycles. The Morgan fingerprint density at radius 3 is 2.25 bits per heavy atom. The number of hydrogen-bond donors (Lipinski definition) is 1. The van der Waals surface area contributed by atoms with E-state index in [2.05, 4.69) is 39.9 Å². The maximum Gasteiger partial charge on any atom is 0.0468 e. The van der Waals surface area contributed by atoms with Gasteiger partial charge in [-0.1, -0.05) is 13.8 Å². The fraction of sp³-hybridized carbons (Fsp3) is 1.00. The van der Waals surface area contributed by atoms with Crippen LogP contribution in [0.15, 0.2) is 0 Å². The van der Waals surface area contributed by atoms with Crippen molar-refractivity contribution in [2.75, 3.05) is 19.8 Å². The Kier molecular flexibility index (Phi) is 5.26. The molecule has 2 unspecified atom stereocenters. The van der Waals surface area contributed by atoms with Crippen LogP contribution in [-0.4, -0.2) is 25.3 Å². The molecule has 0 radical (unpaired) electrons. The lowest BCUT2D eigenvalue weighted by atomic mass is 9.79. The van der Waals surface area contributed by atoms with E-state index in [-0.39, 0.29) is 5.54 Å². The largest absolute Gasteiger partial charge is 0.381 e. The normalized spacial score (nSPS) is 23.1. The zero-order chi connectivity index (χ0) is 12.2. The Morgan fingerprint density at radius 1 is 1.19 bits per heavy atom. The van der Waals surface area contributed by atoms with E-state index < -0.39 is 0 Å². The molecule has 1 aliphatic rings. The molecule has 96 valence electrons. The predicted molar refractivity (Wildman–Crippen MR) is 69.6 cm³/mol. The summed E-state index contributed by atoms with van der Waals surface area (Å²) in [5.41, 5.74) is 0.240. The maximum atomic E-state index is 5.43. The van der Waals surface area contributed by atoms with Crippen molar-refractivity contribution in [2.24, 2.45) is 17.8 Å². The Hall–Kier alpha value is -0.0800. The van der Waals surface area contributed by atoms with Crippen molar-refractivity contribution in [1.29, 1.82) is 0 Å². The molecule has 1 heterocycles. The van der Waals surface area contributed by atoms with Crippen LogP contribution < -0.4 is 5.32 Å². The van der Waals surface area contributed by atoms with E-state index in [4.69, 9.17) is 4.74 Å². The third-order valence-corrected chi connectivity index (χ3v) is 3.86. The fourth-order valence-corrected chi connectivity index (χ4v) is 2.36. The van der Waals surface area contributed by atoms with Crippen LogP contribution >= 0.6 is 0 Å². The van der Waals surface area contributed by atoms with Crippen molar-refractivity contribution in [2.45, 2.75) is 53.0 Å². The van der Waals surface area contributed by atoms with Crippen molar-refractivity contribution in [3.05, 3.63) is 0 Å². The first-order chi connectivity index (χ1) is 7.40. The topological polar surface area (TPSA) is 21.3 Å². The lowest BCUT2D eigenvalue weighted by Gasteiger charge is -2.33. The van der Waals surface area contributed by atoms with Gasteiger partial charge in [0.05, 0.1) is 0 Å². The highest BCUT2D eigenvalue weighted by molar-refractivity contribution is 4.78. The Morgan fingerprint density at radius 2 is 1.75 bits per heavy atom. The van der Waals surface area contributed by atoms with Gasteiger partial charge in [-0.2, -0.15) is 0 Å². The fourth-order valence-electron chi connectivity index (χ4n) is 2.36. The molecule has 2 nitrogen and oxygen atoms in total. The van der Waals surface area contributed by atoms with Crippen molar-refractivity contribution < 1.29 is 4.74 Å². The van der Waals surface area contributed by atoms with Crippen LogP contribution in [0.25, 0.3) is 0 Å². The van der Waals surface area contributed by atoms with Crippen molar-refractivity contribution in [1.82, 2.24) is 5.32 Å². The Bertz CT molecular complexity index is 191. The second-order valence-corrected chi connectivity index (χ2v) is 6.42. The maximum absolute atomic E-state index is 5.43. The van der Waals surface area contributed by atoms with Gasteiger partial charge in [0.1, 0.15) is 0 Å². The van der Waals surface area contributed by atoms with Crippen molar-refractivity contribution >= 4 is 0 Å². The molecule has 1 N–H and O–H groups in total. The highest BCUT2D eigenvalue weighted by atomic mass is 16.5. The number of ether oxygens (including phenoxy) is 1. The summed E-state index contributed by atoms with van der Waals surface area (Å²) in [5, 5.41) is 3.61. The van der Waals surface area contributed by atoms with Crippen LogP contribution in [-0.2, 0) is 4.74 Å². The average Bonchev–Trinajstić information content (AvgIpc) is 2.25.